The molecule has 8 heteroatoms. The van der Waals surface area contributed by atoms with Gasteiger partial charge in [-0.3, -0.25) is 15.1 Å². The Morgan fingerprint density at radius 1 is 1.35 bits per heavy atom. The summed E-state index contributed by atoms with van der Waals surface area (Å²) in [6, 6.07) is 5.39. The van der Waals surface area contributed by atoms with E-state index in [1.54, 1.807) is 6.21 Å². The first-order valence-corrected chi connectivity index (χ1v) is 13.7. The summed E-state index contributed by atoms with van der Waals surface area (Å²) in [5, 5.41) is 20.8. The molecule has 23 heavy (non-hydrogen) atoms. The fraction of sp³-hybridized carbons (Fsp3) is 0.533. The van der Waals surface area contributed by atoms with Crippen molar-refractivity contribution in [2.75, 3.05) is 0 Å². The van der Waals surface area contributed by atoms with Crippen molar-refractivity contribution in [3.8, 4) is 5.75 Å². The maximum absolute atomic E-state index is 10.9. The Morgan fingerprint density at radius 3 is 2.61 bits per heavy atom. The molecule has 2 saturated carbocycles. The van der Waals surface area contributed by atoms with Crippen molar-refractivity contribution < 1.29 is 30.9 Å². The molecule has 2 fully saturated rings. The Labute approximate surface area is 153 Å². The molecule has 2 aliphatic rings. The average Bonchev–Trinajstić information content (AvgIpc) is 3.09. The molecule has 0 radical (unpaired) electrons. The first-order valence-electron chi connectivity index (χ1n) is 7.39. The van der Waals surface area contributed by atoms with Gasteiger partial charge in [-0.25, -0.2) is 0 Å². The number of nitrogens with zero attached hydrogens (tertiary/aromatic N) is 2. The zero-order valence-corrected chi connectivity index (χ0v) is 16.6. The molecule has 2 bridgehead atoms. The van der Waals surface area contributed by atoms with Gasteiger partial charge in [-0.15, -0.1) is 0 Å². The minimum absolute atomic E-state index is 0.128. The van der Waals surface area contributed by atoms with Crippen LogP contribution in [-0.2, 0) is 20.8 Å². The van der Waals surface area contributed by atoms with Crippen LogP contribution in [0.25, 0.3) is 0 Å². The van der Waals surface area contributed by atoms with Crippen molar-refractivity contribution >= 4 is 23.2 Å². The minimum atomic E-state index is -0.826. The molecule has 1 aromatic rings. The van der Waals surface area contributed by atoms with E-state index < -0.39 is 20.8 Å². The molecule has 0 saturated heterocycles. The summed E-state index contributed by atoms with van der Waals surface area (Å²) in [6.07, 6.45) is 4.10. The van der Waals surface area contributed by atoms with Gasteiger partial charge in [0.05, 0.1) is 6.04 Å². The topological polar surface area (TPSA) is 75.7 Å². The van der Waals surface area contributed by atoms with Crippen molar-refractivity contribution in [2.45, 2.75) is 38.3 Å². The van der Waals surface area contributed by atoms with E-state index in [1.807, 2.05) is 25.1 Å². The van der Waals surface area contributed by atoms with Crippen LogP contribution in [0.3, 0.4) is 0 Å². The standard InChI is InChI=1S/C15H18N2O3.2ClH.Zr/c1-9-3-2-4-10(15(9)18)8-16-13-6-12-5-11(13)7-14(12)17(19)20;;;/h2-4,8,11-14,18H,5-7H2,1H3;2*1H;/q;;;+2/p-2. The second-order valence-corrected chi connectivity index (χ2v) is 9.74. The Morgan fingerprint density at radius 2 is 2.04 bits per heavy atom. The molecule has 1 N–H and O–H groups in total. The third kappa shape index (κ3) is 4.55. The van der Waals surface area contributed by atoms with Crippen LogP contribution in [0.5, 0.6) is 5.75 Å². The molecule has 0 aromatic heterocycles. The van der Waals surface area contributed by atoms with E-state index in [1.165, 1.54) is 0 Å². The molecule has 1 aromatic carbocycles. The third-order valence-electron chi connectivity index (χ3n) is 4.73. The van der Waals surface area contributed by atoms with Crippen LogP contribution in [0, 0.1) is 28.9 Å². The second-order valence-electron chi connectivity index (χ2n) is 6.01. The number of aryl methyl sites for hydroxylation is 1. The van der Waals surface area contributed by atoms with Crippen molar-refractivity contribution in [1.29, 1.82) is 0 Å². The Balaban J connectivity index is 0.000000595. The normalized spacial score (nSPS) is 28.5. The molecule has 0 heterocycles. The number of halogens is 2. The number of phenolic OH excluding ortho intramolecular Hbond substituents is 1. The second kappa shape index (κ2) is 8.59. The number of fused-ring (bicyclic) bond motifs is 2. The Bertz CT molecular complexity index is 600. The molecule has 5 nitrogen and oxygen atoms in total. The van der Waals surface area contributed by atoms with Gasteiger partial charge in [0.25, 0.3) is 0 Å². The van der Waals surface area contributed by atoms with Crippen LogP contribution in [0.2, 0.25) is 0 Å². The summed E-state index contributed by atoms with van der Waals surface area (Å²) in [5.41, 5.74) is 1.55. The van der Waals surface area contributed by atoms with E-state index in [-0.39, 0.29) is 28.7 Å². The fourth-order valence-electron chi connectivity index (χ4n) is 3.62. The van der Waals surface area contributed by atoms with Crippen LogP contribution in [0.4, 0.5) is 0 Å². The van der Waals surface area contributed by atoms with Gasteiger partial charge in [0.15, 0.2) is 0 Å². The third-order valence-corrected chi connectivity index (χ3v) is 4.73. The number of nitro groups is 1. The molecule has 3 rings (SSSR count). The van der Waals surface area contributed by atoms with Crippen molar-refractivity contribution in [3.05, 3.63) is 39.4 Å². The summed E-state index contributed by atoms with van der Waals surface area (Å²) in [7, 11) is 9.87. The molecule has 0 aliphatic heterocycles. The summed E-state index contributed by atoms with van der Waals surface area (Å²) < 4.78 is 0. The molecular weight excluding hydrogens is 418 g/mol. The van der Waals surface area contributed by atoms with Crippen LogP contribution in [0.1, 0.15) is 30.4 Å². The van der Waals surface area contributed by atoms with E-state index in [9.17, 15) is 15.2 Å². The zero-order valence-electron chi connectivity index (χ0n) is 12.7. The first kappa shape index (κ1) is 18.9. The van der Waals surface area contributed by atoms with Gasteiger partial charge in [0.1, 0.15) is 5.75 Å². The van der Waals surface area contributed by atoms with E-state index >= 15 is 0 Å². The fourth-order valence-corrected chi connectivity index (χ4v) is 3.62. The van der Waals surface area contributed by atoms with Gasteiger partial charge in [-0.05, 0) is 37.3 Å². The summed E-state index contributed by atoms with van der Waals surface area (Å²) >= 11 is -0.826. The van der Waals surface area contributed by atoms with Gasteiger partial charge in [0, 0.05) is 29.0 Å². The van der Waals surface area contributed by atoms with Crippen molar-refractivity contribution in [3.63, 3.8) is 0 Å². The predicted octanol–water partition coefficient (Wildman–Crippen LogP) is 3.94. The van der Waals surface area contributed by atoms with Crippen molar-refractivity contribution in [1.82, 2.24) is 0 Å². The molecule has 0 amide bonds. The monoisotopic (exact) mass is 434 g/mol. The van der Waals surface area contributed by atoms with Crippen molar-refractivity contribution in [2.24, 2.45) is 16.8 Å². The van der Waals surface area contributed by atoms with E-state index in [0.717, 1.165) is 24.0 Å². The number of hydrogen-bond donors (Lipinski definition) is 1. The number of aliphatic imine (C=N–C) groups is 1. The Hall–Kier alpha value is -0.447. The molecular formula is C15H18Cl2N2O3Zr. The predicted molar refractivity (Wildman–Crippen MR) is 87.5 cm³/mol. The van der Waals surface area contributed by atoms with Gasteiger partial charge >= 0.3 is 37.9 Å². The number of hydrogen-bond acceptors (Lipinski definition) is 4. The van der Waals surface area contributed by atoms with Crippen LogP contribution in [-0.4, -0.2) is 28.3 Å². The average molecular weight is 436 g/mol. The SMILES string of the molecule is Cc1cccc(C=NC2CC3CC2CC3[N+](=O)[O-])c1O.[Cl][Zr][Cl]. The number of benzene rings is 1. The quantitative estimate of drug-likeness (QED) is 0.443. The van der Waals surface area contributed by atoms with Crippen LogP contribution >= 0.6 is 17.0 Å². The van der Waals surface area contributed by atoms with Gasteiger partial charge in [-0.1, -0.05) is 12.1 Å². The molecule has 4 unspecified atom stereocenters. The van der Waals surface area contributed by atoms with E-state index in [2.05, 4.69) is 4.99 Å². The molecule has 2 aliphatic carbocycles. The number of para-hydroxylation sites is 1. The zero-order chi connectivity index (χ0) is 17.0. The van der Waals surface area contributed by atoms with Crippen LogP contribution in [0.15, 0.2) is 23.2 Å². The van der Waals surface area contributed by atoms with Gasteiger partial charge in [-0.2, -0.15) is 0 Å². The summed E-state index contributed by atoms with van der Waals surface area (Å²) in [5.74, 6) is 0.782. The van der Waals surface area contributed by atoms with Crippen LogP contribution < -0.4 is 0 Å². The summed E-state index contributed by atoms with van der Waals surface area (Å²) in [4.78, 5) is 15.3. The van der Waals surface area contributed by atoms with Gasteiger partial charge in [0.2, 0.25) is 6.04 Å². The summed E-state index contributed by atoms with van der Waals surface area (Å²) in [6.45, 7) is 1.85. The van der Waals surface area contributed by atoms with E-state index in [4.69, 9.17) is 17.0 Å². The molecule has 124 valence electrons. The molecule has 4 atom stereocenters. The number of aromatic hydroxyl groups is 1. The number of phenols is 1. The van der Waals surface area contributed by atoms with Gasteiger partial charge < -0.3 is 5.11 Å². The number of rotatable bonds is 3. The van der Waals surface area contributed by atoms with E-state index in [0.29, 0.717) is 12.3 Å². The Kier molecular flexibility index (Phi) is 7.05. The first-order chi connectivity index (χ1) is 11.0. The maximum atomic E-state index is 10.9. The molecule has 0 spiro atoms.